The lowest BCUT2D eigenvalue weighted by atomic mass is 10.2. The first kappa shape index (κ1) is 13.7. The van der Waals surface area contributed by atoms with Crippen molar-refractivity contribution in [2.45, 2.75) is 37.4 Å². The minimum atomic E-state index is -0.00552. The van der Waals surface area contributed by atoms with Crippen LogP contribution in [-0.4, -0.2) is 26.0 Å². The van der Waals surface area contributed by atoms with Crippen LogP contribution in [0.1, 0.15) is 24.8 Å². The van der Waals surface area contributed by atoms with Gasteiger partial charge in [0.1, 0.15) is 0 Å². The third-order valence-corrected chi connectivity index (χ3v) is 3.38. The average molecular weight is 267 g/mol. The van der Waals surface area contributed by atoms with Crippen molar-refractivity contribution in [3.05, 3.63) is 23.8 Å². The minimum Gasteiger partial charge on any atom is -0.382 e. The van der Waals surface area contributed by atoms with Gasteiger partial charge in [-0.15, -0.1) is 12.6 Å². The lowest BCUT2D eigenvalue weighted by Gasteiger charge is -2.22. The van der Waals surface area contributed by atoms with Crippen molar-refractivity contribution in [3.63, 3.8) is 0 Å². The summed E-state index contributed by atoms with van der Waals surface area (Å²) in [5.41, 5.74) is 2.27. The molecule has 0 saturated carbocycles. The fraction of sp³-hybridized carbons (Fsp3) is 0.571. The maximum absolute atomic E-state index is 5.66. The lowest BCUT2D eigenvalue weighted by Crippen LogP contribution is -2.24. The number of hydrogen-bond donors (Lipinski definition) is 2. The molecule has 0 amide bonds. The van der Waals surface area contributed by atoms with Crippen molar-refractivity contribution in [1.29, 1.82) is 0 Å². The van der Waals surface area contributed by atoms with Gasteiger partial charge in [-0.1, -0.05) is 6.07 Å². The minimum absolute atomic E-state index is 0.00552. The van der Waals surface area contributed by atoms with Crippen LogP contribution in [0.25, 0.3) is 0 Å². The molecule has 1 saturated heterocycles. The maximum atomic E-state index is 5.66. The smallest absolute Gasteiger partial charge is 0.157 e. The zero-order valence-electron chi connectivity index (χ0n) is 10.8. The van der Waals surface area contributed by atoms with Gasteiger partial charge in [-0.05, 0) is 43.9 Å². The van der Waals surface area contributed by atoms with E-state index in [1.165, 1.54) is 12.0 Å². The van der Waals surface area contributed by atoms with Gasteiger partial charge < -0.3 is 14.8 Å². The van der Waals surface area contributed by atoms with Gasteiger partial charge in [0, 0.05) is 23.7 Å². The number of nitrogens with one attached hydrogen (secondary N) is 1. The van der Waals surface area contributed by atoms with Crippen LogP contribution in [0, 0.1) is 6.92 Å². The molecule has 0 spiro atoms. The topological polar surface area (TPSA) is 30.5 Å². The first-order valence-corrected chi connectivity index (χ1v) is 6.97. The van der Waals surface area contributed by atoms with E-state index >= 15 is 0 Å². The van der Waals surface area contributed by atoms with E-state index in [4.69, 9.17) is 9.47 Å². The van der Waals surface area contributed by atoms with Crippen molar-refractivity contribution in [2.24, 2.45) is 0 Å². The molecule has 0 aliphatic carbocycles. The Morgan fingerprint density at radius 2 is 2.33 bits per heavy atom. The zero-order valence-corrected chi connectivity index (χ0v) is 11.7. The normalized spacial score (nSPS) is 19.8. The van der Waals surface area contributed by atoms with Crippen molar-refractivity contribution in [3.8, 4) is 0 Å². The third kappa shape index (κ3) is 4.19. The average Bonchev–Trinajstić information content (AvgIpc) is 2.38. The number of thiol groups is 1. The van der Waals surface area contributed by atoms with Gasteiger partial charge >= 0.3 is 0 Å². The summed E-state index contributed by atoms with van der Waals surface area (Å²) < 4.78 is 11.2. The summed E-state index contributed by atoms with van der Waals surface area (Å²) in [6.07, 6.45) is 3.37. The summed E-state index contributed by atoms with van der Waals surface area (Å²) in [5, 5.41) is 3.32. The molecular formula is C14H21NO2S. The van der Waals surface area contributed by atoms with Gasteiger partial charge in [0.15, 0.2) is 6.29 Å². The zero-order chi connectivity index (χ0) is 12.8. The Balaban J connectivity index is 1.68. The number of ether oxygens (including phenoxy) is 2. The molecule has 1 fully saturated rings. The van der Waals surface area contributed by atoms with Crippen molar-refractivity contribution in [1.82, 2.24) is 0 Å². The van der Waals surface area contributed by atoms with E-state index in [-0.39, 0.29) is 6.29 Å². The van der Waals surface area contributed by atoms with Crippen LogP contribution in [0.15, 0.2) is 23.1 Å². The second-order valence-corrected chi connectivity index (χ2v) is 5.10. The molecule has 4 heteroatoms. The monoisotopic (exact) mass is 267 g/mol. The summed E-state index contributed by atoms with van der Waals surface area (Å²) in [6.45, 7) is 4.33. The molecule has 1 unspecified atom stereocenters. The summed E-state index contributed by atoms with van der Waals surface area (Å²) in [4.78, 5) is 0.976. The molecule has 18 heavy (non-hydrogen) atoms. The molecule has 0 bridgehead atoms. The predicted molar refractivity (Wildman–Crippen MR) is 76.5 cm³/mol. The van der Waals surface area contributed by atoms with Gasteiger partial charge in [-0.2, -0.15) is 0 Å². The van der Waals surface area contributed by atoms with Gasteiger partial charge in [-0.3, -0.25) is 0 Å². The molecule has 1 aliphatic heterocycles. The van der Waals surface area contributed by atoms with Crippen LogP contribution in [0.2, 0.25) is 0 Å². The molecular weight excluding hydrogens is 246 g/mol. The number of hydrogen-bond acceptors (Lipinski definition) is 4. The molecule has 0 aromatic heterocycles. The number of aryl methyl sites for hydroxylation is 1. The summed E-state index contributed by atoms with van der Waals surface area (Å²) in [6, 6.07) is 6.18. The highest BCUT2D eigenvalue weighted by molar-refractivity contribution is 7.80. The molecule has 2 rings (SSSR count). The lowest BCUT2D eigenvalue weighted by molar-refractivity contribution is -0.159. The summed E-state index contributed by atoms with van der Waals surface area (Å²) >= 11 is 4.44. The Morgan fingerprint density at radius 1 is 1.44 bits per heavy atom. The molecule has 1 aliphatic rings. The Labute approximate surface area is 114 Å². The van der Waals surface area contributed by atoms with Gasteiger partial charge in [0.25, 0.3) is 0 Å². The second kappa shape index (κ2) is 7.02. The second-order valence-electron chi connectivity index (χ2n) is 4.61. The third-order valence-electron chi connectivity index (χ3n) is 3.01. The standard InChI is InChI=1S/C14H21NO2S/c1-11-5-6-12(13(18)10-11)15-7-9-17-14-4-2-3-8-16-14/h5-6,10,14-15,18H,2-4,7-9H2,1H3. The van der Waals surface area contributed by atoms with E-state index < -0.39 is 0 Å². The highest BCUT2D eigenvalue weighted by atomic mass is 32.1. The SMILES string of the molecule is Cc1ccc(NCCOC2CCCCO2)c(S)c1. The van der Waals surface area contributed by atoms with Crippen molar-refractivity contribution < 1.29 is 9.47 Å². The van der Waals surface area contributed by atoms with Crippen LogP contribution in [-0.2, 0) is 9.47 Å². The van der Waals surface area contributed by atoms with Crippen LogP contribution >= 0.6 is 12.6 Å². The molecule has 3 nitrogen and oxygen atoms in total. The number of rotatable bonds is 5. The highest BCUT2D eigenvalue weighted by Crippen LogP contribution is 2.20. The van der Waals surface area contributed by atoms with Crippen molar-refractivity contribution in [2.75, 3.05) is 25.1 Å². The molecule has 1 N–H and O–H groups in total. The van der Waals surface area contributed by atoms with Gasteiger partial charge in [0.05, 0.1) is 6.61 Å². The van der Waals surface area contributed by atoms with E-state index in [1.807, 2.05) is 0 Å². The van der Waals surface area contributed by atoms with E-state index in [1.54, 1.807) is 0 Å². The molecule has 0 radical (unpaired) electrons. The first-order valence-electron chi connectivity index (χ1n) is 6.52. The van der Waals surface area contributed by atoms with E-state index in [0.717, 1.165) is 36.6 Å². The van der Waals surface area contributed by atoms with E-state index in [2.05, 4.69) is 43.1 Å². The van der Waals surface area contributed by atoms with E-state index in [9.17, 15) is 0 Å². The fourth-order valence-electron chi connectivity index (χ4n) is 2.01. The Kier molecular flexibility index (Phi) is 5.35. The Morgan fingerprint density at radius 3 is 3.06 bits per heavy atom. The number of anilines is 1. The highest BCUT2D eigenvalue weighted by Gasteiger charge is 2.13. The fourth-order valence-corrected chi connectivity index (χ4v) is 2.37. The summed E-state index contributed by atoms with van der Waals surface area (Å²) in [7, 11) is 0. The Hall–Kier alpha value is -0.710. The molecule has 100 valence electrons. The molecule has 1 atom stereocenters. The first-order chi connectivity index (χ1) is 8.75. The largest absolute Gasteiger partial charge is 0.382 e. The van der Waals surface area contributed by atoms with Gasteiger partial charge in [0.2, 0.25) is 0 Å². The molecule has 1 aromatic rings. The van der Waals surface area contributed by atoms with Crippen LogP contribution in [0.5, 0.6) is 0 Å². The summed E-state index contributed by atoms with van der Waals surface area (Å²) in [5.74, 6) is 0. The van der Waals surface area contributed by atoms with Gasteiger partial charge in [-0.25, -0.2) is 0 Å². The quantitative estimate of drug-likeness (QED) is 0.634. The molecule has 1 heterocycles. The maximum Gasteiger partial charge on any atom is 0.157 e. The Bertz CT molecular complexity index is 378. The van der Waals surface area contributed by atoms with Crippen LogP contribution in [0.4, 0.5) is 5.69 Å². The number of benzene rings is 1. The van der Waals surface area contributed by atoms with Crippen LogP contribution in [0.3, 0.4) is 0 Å². The molecule has 1 aromatic carbocycles. The van der Waals surface area contributed by atoms with E-state index in [0.29, 0.717) is 6.61 Å². The predicted octanol–water partition coefficient (Wildman–Crippen LogP) is 3.24. The van der Waals surface area contributed by atoms with Crippen molar-refractivity contribution >= 4 is 18.3 Å². The van der Waals surface area contributed by atoms with Crippen LogP contribution < -0.4 is 5.32 Å².